The second kappa shape index (κ2) is 12.0. The number of aromatic nitrogens is 3. The number of carboxylic acid groups (broad SMARTS) is 1. The van der Waals surface area contributed by atoms with E-state index >= 15 is 0 Å². The van der Waals surface area contributed by atoms with Gasteiger partial charge in [-0.25, -0.2) is 9.18 Å². The van der Waals surface area contributed by atoms with Crippen molar-refractivity contribution in [3.63, 3.8) is 0 Å². The highest BCUT2D eigenvalue weighted by atomic mass is 35.5. The monoisotopic (exact) mass is 605 g/mol. The number of nitrogens with zero attached hydrogens (tertiary/aromatic N) is 3. The van der Waals surface area contributed by atoms with E-state index in [-0.39, 0.29) is 31.3 Å². The molecule has 43 heavy (non-hydrogen) atoms. The van der Waals surface area contributed by atoms with E-state index < -0.39 is 12.1 Å². The number of aliphatic hydroxyl groups excluding tert-OH is 1. The molecule has 1 atom stereocenters. The van der Waals surface area contributed by atoms with Gasteiger partial charge in [-0.15, -0.1) is 0 Å². The van der Waals surface area contributed by atoms with E-state index in [0.717, 1.165) is 38.5 Å². The predicted molar refractivity (Wildman–Crippen MR) is 163 cm³/mol. The maximum atomic E-state index is 13.7. The molecule has 0 saturated carbocycles. The molecule has 224 valence electrons. The van der Waals surface area contributed by atoms with Gasteiger partial charge < -0.3 is 24.3 Å². The number of hydrogen-bond acceptors (Lipinski definition) is 5. The number of rotatable bonds is 7. The second-order valence-corrected chi connectivity index (χ2v) is 11.3. The van der Waals surface area contributed by atoms with Crippen molar-refractivity contribution >= 4 is 39.2 Å². The van der Waals surface area contributed by atoms with Crippen LogP contribution in [0.1, 0.15) is 47.2 Å². The molecule has 0 amide bonds. The van der Waals surface area contributed by atoms with Gasteiger partial charge in [-0.05, 0) is 67.0 Å². The quantitative estimate of drug-likeness (QED) is 0.204. The van der Waals surface area contributed by atoms with Crippen LogP contribution in [-0.4, -0.2) is 49.8 Å². The Morgan fingerprint density at radius 3 is 2.79 bits per heavy atom. The molecule has 3 aromatic carbocycles. The molecule has 8 nitrogen and oxygen atoms in total. The first kappa shape index (κ1) is 29.2. The van der Waals surface area contributed by atoms with Crippen LogP contribution in [0.25, 0.3) is 32.8 Å². The molecule has 0 saturated heterocycles. The van der Waals surface area contributed by atoms with E-state index in [4.69, 9.17) is 26.2 Å². The average molecular weight is 606 g/mol. The summed E-state index contributed by atoms with van der Waals surface area (Å²) >= 11 is 6.93. The summed E-state index contributed by atoms with van der Waals surface area (Å²) in [6.07, 6.45) is 1.21. The molecule has 10 heteroatoms. The molecule has 0 bridgehead atoms. The van der Waals surface area contributed by atoms with Gasteiger partial charge in [-0.2, -0.15) is 5.10 Å². The zero-order valence-electron chi connectivity index (χ0n) is 24.1. The number of carboxylic acids is 1. The lowest BCUT2D eigenvalue weighted by Gasteiger charge is -2.15. The Kier molecular flexibility index (Phi) is 8.13. The topological polar surface area (TPSA) is 98.7 Å². The Morgan fingerprint density at radius 2 is 2.00 bits per heavy atom. The lowest BCUT2D eigenvalue weighted by Crippen LogP contribution is -2.19. The van der Waals surface area contributed by atoms with Crippen LogP contribution in [-0.2, 0) is 37.8 Å². The summed E-state index contributed by atoms with van der Waals surface area (Å²) in [6.45, 7) is 2.96. The maximum Gasteiger partial charge on any atom is 0.352 e. The van der Waals surface area contributed by atoms with E-state index in [2.05, 4.69) is 0 Å². The fourth-order valence-electron chi connectivity index (χ4n) is 6.30. The Labute approximate surface area is 253 Å². The van der Waals surface area contributed by atoms with Crippen LogP contribution in [0.2, 0.25) is 5.02 Å². The summed E-state index contributed by atoms with van der Waals surface area (Å²) in [7, 11) is 1.88. The number of aliphatic hydroxyl groups is 1. The minimum absolute atomic E-state index is 0.110. The summed E-state index contributed by atoms with van der Waals surface area (Å²) in [5, 5.41) is 28.8. The molecule has 2 aromatic heterocycles. The number of fused-ring (bicyclic) bond motifs is 3. The maximum absolute atomic E-state index is 13.7. The fraction of sp³-hybridized carbons (Fsp3) is 0.333. The highest BCUT2D eigenvalue weighted by Gasteiger charge is 2.29. The van der Waals surface area contributed by atoms with Crippen molar-refractivity contribution in [2.75, 3.05) is 13.2 Å². The number of hydrogen-bond donors (Lipinski definition) is 2. The molecule has 0 fully saturated rings. The van der Waals surface area contributed by atoms with Crippen LogP contribution in [0, 0.1) is 5.82 Å². The summed E-state index contributed by atoms with van der Waals surface area (Å²) in [6, 6.07) is 13.8. The van der Waals surface area contributed by atoms with Gasteiger partial charge in [0.25, 0.3) is 0 Å². The summed E-state index contributed by atoms with van der Waals surface area (Å²) in [4.78, 5) is 12.9. The fourth-order valence-corrected chi connectivity index (χ4v) is 6.55. The first-order valence-corrected chi connectivity index (χ1v) is 14.8. The van der Waals surface area contributed by atoms with Gasteiger partial charge in [0.1, 0.15) is 17.3 Å². The van der Waals surface area contributed by atoms with E-state index in [1.807, 2.05) is 49.0 Å². The largest absolute Gasteiger partial charge is 0.493 e. The van der Waals surface area contributed by atoms with Gasteiger partial charge >= 0.3 is 5.97 Å². The number of ether oxygens (including phenoxy) is 2. The van der Waals surface area contributed by atoms with Crippen molar-refractivity contribution < 1.29 is 28.9 Å². The molecule has 0 aliphatic carbocycles. The number of aryl methyl sites for hydroxylation is 3. The molecule has 0 radical (unpaired) electrons. The molecule has 1 aliphatic heterocycles. The molecular formula is C33H33ClFN3O5. The van der Waals surface area contributed by atoms with E-state index in [0.29, 0.717) is 54.3 Å². The van der Waals surface area contributed by atoms with Gasteiger partial charge in [0, 0.05) is 41.2 Å². The van der Waals surface area contributed by atoms with Gasteiger partial charge in [0.15, 0.2) is 0 Å². The van der Waals surface area contributed by atoms with Gasteiger partial charge in [-0.1, -0.05) is 36.7 Å². The highest BCUT2D eigenvalue weighted by Crippen LogP contribution is 2.43. The zero-order valence-corrected chi connectivity index (χ0v) is 24.8. The van der Waals surface area contributed by atoms with Gasteiger partial charge in [-0.3, -0.25) is 4.68 Å². The third kappa shape index (κ3) is 5.37. The number of halogens is 2. The van der Waals surface area contributed by atoms with Gasteiger partial charge in [0.2, 0.25) is 0 Å². The minimum Gasteiger partial charge on any atom is -0.493 e. The minimum atomic E-state index is -1.05. The van der Waals surface area contributed by atoms with E-state index in [1.54, 1.807) is 10.6 Å². The van der Waals surface area contributed by atoms with E-state index in [1.165, 1.54) is 12.1 Å². The lowest BCUT2D eigenvalue weighted by atomic mass is 9.97. The molecule has 6 rings (SSSR count). The molecule has 1 aliphatic rings. The molecule has 2 N–H and O–H groups in total. The third-order valence-electron chi connectivity index (χ3n) is 8.17. The Morgan fingerprint density at radius 1 is 1.19 bits per heavy atom. The summed E-state index contributed by atoms with van der Waals surface area (Å²) < 4.78 is 29.3. The first-order valence-electron chi connectivity index (χ1n) is 14.5. The van der Waals surface area contributed by atoms with Crippen molar-refractivity contribution in [1.29, 1.82) is 0 Å². The molecule has 0 spiro atoms. The van der Waals surface area contributed by atoms with Crippen molar-refractivity contribution in [2.24, 2.45) is 7.05 Å². The highest BCUT2D eigenvalue weighted by molar-refractivity contribution is 6.35. The summed E-state index contributed by atoms with van der Waals surface area (Å²) in [5.74, 6) is -0.709. The normalized spacial score (nSPS) is 15.4. The van der Waals surface area contributed by atoms with E-state index in [9.17, 15) is 19.4 Å². The van der Waals surface area contributed by atoms with Gasteiger partial charge in [0.05, 0.1) is 42.2 Å². The van der Waals surface area contributed by atoms with Crippen molar-refractivity contribution in [3.05, 3.63) is 82.0 Å². The lowest BCUT2D eigenvalue weighted by molar-refractivity contribution is 0.0215. The number of carbonyl (C=O) groups is 1. The van der Waals surface area contributed by atoms with Crippen LogP contribution >= 0.6 is 11.6 Å². The second-order valence-electron chi connectivity index (χ2n) is 10.9. The van der Waals surface area contributed by atoms with Crippen molar-refractivity contribution in [3.8, 4) is 16.9 Å². The molecule has 3 heterocycles. The SMILES string of the molecule is CCc1c2c(nn1C)COCC(O)CCn1c(C(=O)O)c(CCCOc3cccc4cc(F)ccc34)c3ccc(Cl)c-2c31. The van der Waals surface area contributed by atoms with Crippen LogP contribution in [0.3, 0.4) is 0 Å². The Balaban J connectivity index is 1.43. The first-order chi connectivity index (χ1) is 20.8. The number of benzene rings is 3. The van der Waals surface area contributed by atoms with Crippen LogP contribution in [0.5, 0.6) is 5.75 Å². The van der Waals surface area contributed by atoms with Crippen LogP contribution in [0.4, 0.5) is 4.39 Å². The van der Waals surface area contributed by atoms with Crippen LogP contribution in [0.15, 0.2) is 48.5 Å². The smallest absolute Gasteiger partial charge is 0.352 e. The van der Waals surface area contributed by atoms with Crippen molar-refractivity contribution in [1.82, 2.24) is 14.3 Å². The molecule has 5 aromatic rings. The predicted octanol–water partition coefficient (Wildman–Crippen LogP) is 6.54. The Hall–Kier alpha value is -3.92. The standard InChI is InChI=1S/C33H33ClFN3O5/c1-3-27-30-26(36-37(27)2)18-42-17-21(39)13-14-38-31-24(11-12-25(34)29(30)31)23(32(38)33(40)41)7-5-15-43-28-8-4-6-19-16-20(35)9-10-22(19)28/h4,6,8-12,16,21,39H,3,5,7,13-15,17-18H2,1-2H3,(H,40,41). The molecular weight excluding hydrogens is 573 g/mol. The van der Waals surface area contributed by atoms with Crippen LogP contribution < -0.4 is 4.74 Å². The van der Waals surface area contributed by atoms with Crippen molar-refractivity contribution in [2.45, 2.75) is 51.9 Å². The zero-order chi connectivity index (χ0) is 30.2. The average Bonchev–Trinajstić information content (AvgIpc) is 3.46. The summed E-state index contributed by atoms with van der Waals surface area (Å²) in [5.41, 5.74) is 4.81. The third-order valence-corrected chi connectivity index (χ3v) is 8.48. The molecule has 1 unspecified atom stereocenters. The number of aromatic carboxylic acids is 1. The Bertz CT molecular complexity index is 1850.